The summed E-state index contributed by atoms with van der Waals surface area (Å²) in [6.45, 7) is 8.28. The Morgan fingerprint density at radius 3 is 1.40 bits per heavy atom. The van der Waals surface area contributed by atoms with Gasteiger partial charge in [-0.3, -0.25) is 0 Å². The minimum absolute atomic E-state index is 0. The molecule has 30 heavy (non-hydrogen) atoms. The Balaban J connectivity index is 0.00000841. The molecule has 1 rings (SSSR count). The van der Waals surface area contributed by atoms with Gasteiger partial charge in [0.15, 0.2) is 0 Å². The second kappa shape index (κ2) is 23.1. The van der Waals surface area contributed by atoms with Crippen LogP contribution in [-0.2, 0) is 6.42 Å². The molecule has 0 aliphatic carbocycles. The molecule has 0 amide bonds. The van der Waals surface area contributed by atoms with Crippen LogP contribution in [0.15, 0.2) is 30.3 Å². The maximum atomic E-state index is 2.62. The number of likely N-dealkylation sites (N-methyl/N-ethyl adjacent to an activating group) is 1. The van der Waals surface area contributed by atoms with Crippen molar-refractivity contribution in [2.24, 2.45) is 0 Å². The van der Waals surface area contributed by atoms with Gasteiger partial charge in [0.1, 0.15) is 0 Å². The highest BCUT2D eigenvalue weighted by atomic mass is 35.5. The molecule has 0 aliphatic rings. The third kappa shape index (κ3) is 18.3. The van der Waals surface area contributed by atoms with Crippen LogP contribution in [-0.4, -0.2) is 24.5 Å². The van der Waals surface area contributed by atoms with Crippen molar-refractivity contribution >= 4 is 12.4 Å². The summed E-state index contributed by atoms with van der Waals surface area (Å²) in [4.78, 5) is 2.62. The van der Waals surface area contributed by atoms with Crippen LogP contribution in [0.2, 0.25) is 0 Å². The summed E-state index contributed by atoms with van der Waals surface area (Å²) in [5.74, 6) is 0. The van der Waals surface area contributed by atoms with Gasteiger partial charge >= 0.3 is 0 Å². The Bertz CT molecular complexity index is 434. The molecule has 0 saturated carbocycles. The Hall–Kier alpha value is -0.530. The fourth-order valence-corrected chi connectivity index (χ4v) is 4.24. The lowest BCUT2D eigenvalue weighted by molar-refractivity contribution is 0.284. The number of rotatable bonds is 21. The third-order valence-electron chi connectivity index (χ3n) is 6.33. The van der Waals surface area contributed by atoms with Crippen LogP contribution in [0.4, 0.5) is 0 Å². The molecule has 0 saturated heterocycles. The average Bonchev–Trinajstić information content (AvgIpc) is 2.76. The summed E-state index contributed by atoms with van der Waals surface area (Å²) in [6.07, 6.45) is 24.4. The Morgan fingerprint density at radius 1 is 0.533 bits per heavy atom. The van der Waals surface area contributed by atoms with E-state index in [9.17, 15) is 0 Å². The molecular weight excluding hydrogens is 386 g/mol. The molecular formula is C28H52ClN. The quantitative estimate of drug-likeness (QED) is 0.173. The van der Waals surface area contributed by atoms with Crippen LogP contribution >= 0.6 is 12.4 Å². The van der Waals surface area contributed by atoms with Crippen molar-refractivity contribution in [3.8, 4) is 0 Å². The number of benzene rings is 1. The highest BCUT2D eigenvalue weighted by Crippen LogP contribution is 2.14. The molecule has 0 unspecified atom stereocenters. The van der Waals surface area contributed by atoms with Gasteiger partial charge in [0.25, 0.3) is 0 Å². The first kappa shape index (κ1) is 29.5. The van der Waals surface area contributed by atoms with Gasteiger partial charge in [0.2, 0.25) is 0 Å². The predicted octanol–water partition coefficient (Wildman–Crippen LogP) is 9.23. The fraction of sp³-hybridized carbons (Fsp3) is 0.786. The van der Waals surface area contributed by atoms with Crippen molar-refractivity contribution in [1.29, 1.82) is 0 Å². The van der Waals surface area contributed by atoms with E-state index in [0.29, 0.717) is 0 Å². The lowest BCUT2D eigenvalue weighted by Gasteiger charge is -2.20. The van der Waals surface area contributed by atoms with Crippen molar-refractivity contribution in [1.82, 2.24) is 4.90 Å². The molecule has 1 aromatic rings. The van der Waals surface area contributed by atoms with Gasteiger partial charge in [0.05, 0.1) is 0 Å². The van der Waals surface area contributed by atoms with E-state index in [0.717, 1.165) is 0 Å². The Morgan fingerprint density at radius 2 is 0.967 bits per heavy atom. The van der Waals surface area contributed by atoms with Crippen molar-refractivity contribution in [3.05, 3.63) is 35.9 Å². The predicted molar refractivity (Wildman–Crippen MR) is 139 cm³/mol. The van der Waals surface area contributed by atoms with Crippen LogP contribution in [0.1, 0.15) is 122 Å². The highest BCUT2D eigenvalue weighted by molar-refractivity contribution is 5.85. The minimum atomic E-state index is 0. The minimum Gasteiger partial charge on any atom is -0.303 e. The molecule has 1 nitrogen and oxygen atoms in total. The van der Waals surface area contributed by atoms with E-state index in [2.05, 4.69) is 49.1 Å². The molecule has 0 spiro atoms. The molecule has 0 radical (unpaired) electrons. The first-order valence-corrected chi connectivity index (χ1v) is 13.1. The van der Waals surface area contributed by atoms with E-state index in [1.807, 2.05) is 0 Å². The molecule has 2 heteroatoms. The maximum Gasteiger partial charge on any atom is 0.00217 e. The largest absolute Gasteiger partial charge is 0.303 e. The molecule has 176 valence electrons. The first-order valence-electron chi connectivity index (χ1n) is 13.1. The Kier molecular flexibility index (Phi) is 22.7. The van der Waals surface area contributed by atoms with Gasteiger partial charge in [-0.15, -0.1) is 12.4 Å². The van der Waals surface area contributed by atoms with Gasteiger partial charge in [-0.2, -0.15) is 0 Å². The molecule has 0 heterocycles. The summed E-state index contributed by atoms with van der Waals surface area (Å²) in [7, 11) is 0. The second-order valence-corrected chi connectivity index (χ2v) is 8.97. The zero-order valence-electron chi connectivity index (χ0n) is 20.4. The monoisotopic (exact) mass is 437 g/mol. The number of hydrogen-bond donors (Lipinski definition) is 0. The third-order valence-corrected chi connectivity index (χ3v) is 6.33. The maximum absolute atomic E-state index is 2.62. The first-order chi connectivity index (χ1) is 14.4. The topological polar surface area (TPSA) is 3.24 Å². The normalized spacial score (nSPS) is 11.0. The summed E-state index contributed by atoms with van der Waals surface area (Å²) >= 11 is 0. The summed E-state index contributed by atoms with van der Waals surface area (Å²) in [5.41, 5.74) is 1.47. The number of unbranched alkanes of at least 4 members (excludes halogenated alkanes) is 15. The van der Waals surface area contributed by atoms with Crippen LogP contribution in [0.5, 0.6) is 0 Å². The van der Waals surface area contributed by atoms with E-state index in [4.69, 9.17) is 0 Å². The van der Waals surface area contributed by atoms with Crippen molar-refractivity contribution < 1.29 is 0 Å². The van der Waals surface area contributed by atoms with E-state index >= 15 is 0 Å². The van der Waals surface area contributed by atoms with Crippen molar-refractivity contribution in [3.63, 3.8) is 0 Å². The molecule has 0 aliphatic heterocycles. The van der Waals surface area contributed by atoms with E-state index in [-0.39, 0.29) is 12.4 Å². The number of halogens is 1. The van der Waals surface area contributed by atoms with E-state index in [1.165, 1.54) is 134 Å². The highest BCUT2D eigenvalue weighted by Gasteiger charge is 2.02. The molecule has 0 atom stereocenters. The van der Waals surface area contributed by atoms with Gasteiger partial charge in [-0.05, 0) is 31.5 Å². The van der Waals surface area contributed by atoms with E-state index in [1.54, 1.807) is 0 Å². The lowest BCUT2D eigenvalue weighted by Crippen LogP contribution is -2.27. The zero-order valence-corrected chi connectivity index (χ0v) is 21.2. The van der Waals surface area contributed by atoms with E-state index < -0.39 is 0 Å². The Labute approximate surface area is 195 Å². The van der Waals surface area contributed by atoms with Crippen LogP contribution in [0, 0.1) is 0 Å². The number of hydrogen-bond acceptors (Lipinski definition) is 1. The zero-order chi connectivity index (χ0) is 20.8. The van der Waals surface area contributed by atoms with Crippen LogP contribution in [0.25, 0.3) is 0 Å². The molecule has 0 aromatic heterocycles. The van der Waals surface area contributed by atoms with Gasteiger partial charge in [0, 0.05) is 6.54 Å². The fourth-order valence-electron chi connectivity index (χ4n) is 4.24. The number of nitrogens with zero attached hydrogens (tertiary/aromatic N) is 1. The van der Waals surface area contributed by atoms with Crippen LogP contribution < -0.4 is 0 Å². The van der Waals surface area contributed by atoms with Gasteiger partial charge in [-0.25, -0.2) is 0 Å². The molecule has 0 N–H and O–H groups in total. The summed E-state index contributed by atoms with van der Waals surface area (Å²) in [6, 6.07) is 10.9. The smallest absolute Gasteiger partial charge is 0.00217 e. The molecule has 0 fully saturated rings. The second-order valence-electron chi connectivity index (χ2n) is 8.97. The molecule has 1 aromatic carbocycles. The lowest BCUT2D eigenvalue weighted by atomic mass is 10.0. The average molecular weight is 438 g/mol. The molecule has 0 bridgehead atoms. The van der Waals surface area contributed by atoms with Gasteiger partial charge in [-0.1, -0.05) is 140 Å². The van der Waals surface area contributed by atoms with Crippen LogP contribution in [0.3, 0.4) is 0 Å². The summed E-state index contributed by atoms with van der Waals surface area (Å²) < 4.78 is 0. The van der Waals surface area contributed by atoms with Crippen molar-refractivity contribution in [2.45, 2.75) is 123 Å². The van der Waals surface area contributed by atoms with Gasteiger partial charge < -0.3 is 4.90 Å². The standard InChI is InChI=1S/C28H51N.ClH/c1-3-5-6-7-8-9-10-11-12-13-14-15-16-17-18-22-26-29(4-2)27-25-28-23-20-19-21-24-28;/h19-21,23-24H,3-18,22,25-27H2,1-2H3;1H. The SMILES string of the molecule is CCCCCCCCCCCCCCCCCCN(CC)CCc1ccccc1.Cl. The summed E-state index contributed by atoms with van der Waals surface area (Å²) in [5, 5.41) is 0. The van der Waals surface area contributed by atoms with Crippen molar-refractivity contribution in [2.75, 3.05) is 19.6 Å².